The Morgan fingerprint density at radius 1 is 1.21 bits per heavy atom. The highest BCUT2D eigenvalue weighted by Crippen LogP contribution is 2.34. The quantitative estimate of drug-likeness (QED) is 0.786. The Kier molecular flexibility index (Phi) is 3.67. The summed E-state index contributed by atoms with van der Waals surface area (Å²) in [6.07, 6.45) is -1.90. The molecular weight excluding hydrogens is 321 g/mol. The van der Waals surface area contributed by atoms with Crippen LogP contribution in [0.25, 0.3) is 16.6 Å². The van der Waals surface area contributed by atoms with Crippen molar-refractivity contribution >= 4 is 10.9 Å². The minimum absolute atomic E-state index is 0.180. The zero-order chi connectivity index (χ0) is 17.7. The molecule has 0 radical (unpaired) electrons. The van der Waals surface area contributed by atoms with E-state index in [0.717, 1.165) is 22.7 Å². The Morgan fingerprint density at radius 2 is 1.92 bits per heavy atom. The predicted molar refractivity (Wildman–Crippen MR) is 83.0 cm³/mol. The molecule has 2 heterocycles. The first-order valence-corrected chi connectivity index (χ1v) is 7.30. The largest absolute Gasteiger partial charge is 0.434 e. The number of rotatable bonds is 3. The number of hydrogen-bond acceptors (Lipinski definition) is 3. The van der Waals surface area contributed by atoms with E-state index in [2.05, 4.69) is 15.2 Å². The molecule has 0 aliphatic carbocycles. The minimum atomic E-state index is -4.53. The zero-order valence-electron chi connectivity index (χ0n) is 13.7. The van der Waals surface area contributed by atoms with Crippen molar-refractivity contribution < 1.29 is 17.9 Å². The Hall–Kier alpha value is -2.35. The second-order valence-corrected chi connectivity index (χ2v) is 6.13. The molecule has 0 aliphatic rings. The van der Waals surface area contributed by atoms with Gasteiger partial charge in [-0.05, 0) is 38.5 Å². The lowest BCUT2D eigenvalue weighted by atomic mass is 10.1. The maximum absolute atomic E-state index is 13.1. The van der Waals surface area contributed by atoms with Crippen LogP contribution in [-0.2, 0) is 16.5 Å². The van der Waals surface area contributed by atoms with Crippen molar-refractivity contribution in [3.05, 3.63) is 41.6 Å². The number of hydrogen-bond donors (Lipinski definition) is 1. The van der Waals surface area contributed by atoms with Crippen LogP contribution in [0.2, 0.25) is 0 Å². The first-order chi connectivity index (χ1) is 11.1. The topological polar surface area (TPSA) is 55.7 Å². The van der Waals surface area contributed by atoms with E-state index >= 15 is 0 Å². The van der Waals surface area contributed by atoms with E-state index in [1.54, 1.807) is 32.2 Å². The van der Waals surface area contributed by atoms with Crippen LogP contribution in [0.15, 0.2) is 24.5 Å². The standard InChI is InChI=1S/C16H17F3N4O/c1-9-5-11(6-10-7-20-22-13(9)10)23-8-12(16(17,18)19)21-14(23)15(2,3)24-4/h5-8H,1-4H3,(H,20,22). The summed E-state index contributed by atoms with van der Waals surface area (Å²) < 4.78 is 46.2. The van der Waals surface area contributed by atoms with Crippen molar-refractivity contribution in [1.29, 1.82) is 0 Å². The van der Waals surface area contributed by atoms with Gasteiger partial charge in [0, 0.05) is 24.4 Å². The van der Waals surface area contributed by atoms with Gasteiger partial charge >= 0.3 is 6.18 Å². The van der Waals surface area contributed by atoms with E-state index < -0.39 is 17.5 Å². The Balaban J connectivity index is 2.26. The summed E-state index contributed by atoms with van der Waals surface area (Å²) >= 11 is 0. The third-order valence-electron chi connectivity index (χ3n) is 4.05. The number of methoxy groups -OCH3 is 1. The molecule has 128 valence electrons. The maximum Gasteiger partial charge on any atom is 0.434 e. The van der Waals surface area contributed by atoms with E-state index in [1.165, 1.54) is 11.7 Å². The van der Waals surface area contributed by atoms with Gasteiger partial charge in [0.05, 0.1) is 11.7 Å². The molecule has 0 saturated carbocycles. The third kappa shape index (κ3) is 2.66. The molecule has 0 spiro atoms. The molecule has 0 aliphatic heterocycles. The number of ether oxygens (including phenoxy) is 1. The summed E-state index contributed by atoms with van der Waals surface area (Å²) in [5.74, 6) is 0.180. The van der Waals surface area contributed by atoms with Crippen LogP contribution in [0.5, 0.6) is 0 Å². The normalized spacial score (nSPS) is 13.0. The summed E-state index contributed by atoms with van der Waals surface area (Å²) in [6, 6.07) is 3.56. The summed E-state index contributed by atoms with van der Waals surface area (Å²) in [5.41, 5.74) is 0.367. The van der Waals surface area contributed by atoms with E-state index in [0.29, 0.717) is 5.69 Å². The monoisotopic (exact) mass is 338 g/mol. The Morgan fingerprint density at radius 3 is 2.54 bits per heavy atom. The first kappa shape index (κ1) is 16.5. The van der Waals surface area contributed by atoms with Gasteiger partial charge in [-0.2, -0.15) is 18.3 Å². The lowest BCUT2D eigenvalue weighted by molar-refractivity contribution is -0.141. The van der Waals surface area contributed by atoms with Crippen LogP contribution in [0.1, 0.15) is 30.9 Å². The van der Waals surface area contributed by atoms with Crippen molar-refractivity contribution in [3.63, 3.8) is 0 Å². The number of halogens is 3. The van der Waals surface area contributed by atoms with Crippen LogP contribution < -0.4 is 0 Å². The lowest BCUT2D eigenvalue weighted by Gasteiger charge is -2.23. The average molecular weight is 338 g/mol. The number of fused-ring (bicyclic) bond motifs is 1. The molecular formula is C16H17F3N4O. The van der Waals surface area contributed by atoms with E-state index in [1.807, 2.05) is 6.92 Å². The van der Waals surface area contributed by atoms with Crippen molar-refractivity contribution in [2.24, 2.45) is 0 Å². The van der Waals surface area contributed by atoms with Crippen molar-refractivity contribution in [3.8, 4) is 5.69 Å². The first-order valence-electron chi connectivity index (χ1n) is 7.30. The molecule has 0 bridgehead atoms. The molecule has 0 unspecified atom stereocenters. The van der Waals surface area contributed by atoms with Gasteiger partial charge in [-0.15, -0.1) is 0 Å². The molecule has 0 atom stereocenters. The number of nitrogens with one attached hydrogen (secondary N) is 1. The van der Waals surface area contributed by atoms with Crippen LogP contribution in [0.3, 0.4) is 0 Å². The van der Waals surface area contributed by atoms with E-state index in [9.17, 15) is 13.2 Å². The molecule has 0 amide bonds. The highest BCUT2D eigenvalue weighted by atomic mass is 19.4. The number of aryl methyl sites for hydroxylation is 1. The summed E-state index contributed by atoms with van der Waals surface area (Å²) in [6.45, 7) is 5.22. The molecule has 1 aromatic carbocycles. The lowest BCUT2D eigenvalue weighted by Crippen LogP contribution is -2.24. The average Bonchev–Trinajstić information content (AvgIpc) is 3.13. The summed E-state index contributed by atoms with van der Waals surface area (Å²) in [4.78, 5) is 3.79. The number of alkyl halides is 3. The van der Waals surface area contributed by atoms with E-state index in [4.69, 9.17) is 4.74 Å². The molecule has 0 fully saturated rings. The number of aromatic amines is 1. The Labute approximate surface area is 136 Å². The van der Waals surface area contributed by atoms with Crippen LogP contribution >= 0.6 is 0 Å². The zero-order valence-corrected chi connectivity index (χ0v) is 13.7. The van der Waals surface area contributed by atoms with E-state index in [-0.39, 0.29) is 5.82 Å². The summed E-state index contributed by atoms with van der Waals surface area (Å²) in [5, 5.41) is 7.66. The van der Waals surface area contributed by atoms with Gasteiger partial charge in [0.2, 0.25) is 0 Å². The number of aromatic nitrogens is 4. The van der Waals surface area contributed by atoms with Gasteiger partial charge in [0.15, 0.2) is 5.69 Å². The smallest absolute Gasteiger partial charge is 0.371 e. The van der Waals surface area contributed by atoms with Crippen molar-refractivity contribution in [1.82, 2.24) is 19.7 Å². The number of nitrogens with zero attached hydrogens (tertiary/aromatic N) is 3. The fourth-order valence-corrected chi connectivity index (χ4v) is 2.58. The maximum atomic E-state index is 13.1. The molecule has 3 aromatic rings. The highest BCUT2D eigenvalue weighted by Gasteiger charge is 2.38. The van der Waals surface area contributed by atoms with Gasteiger partial charge < -0.3 is 9.30 Å². The molecule has 3 rings (SSSR count). The number of imidazole rings is 1. The summed E-state index contributed by atoms with van der Waals surface area (Å²) in [7, 11) is 1.44. The molecule has 1 N–H and O–H groups in total. The molecule has 5 nitrogen and oxygen atoms in total. The van der Waals surface area contributed by atoms with Crippen molar-refractivity contribution in [2.45, 2.75) is 32.5 Å². The molecule has 0 saturated heterocycles. The number of H-pyrrole nitrogens is 1. The number of benzene rings is 1. The SMILES string of the molecule is COC(C)(C)c1nc(C(F)(F)F)cn1-c1cc(C)c2[nH]ncc2c1. The van der Waals surface area contributed by atoms with Gasteiger partial charge in [-0.1, -0.05) is 0 Å². The molecule has 8 heteroatoms. The predicted octanol–water partition coefficient (Wildman–Crippen LogP) is 3.96. The highest BCUT2D eigenvalue weighted by molar-refractivity contribution is 5.83. The second-order valence-electron chi connectivity index (χ2n) is 6.13. The fraction of sp³-hybridized carbons (Fsp3) is 0.375. The fourth-order valence-electron chi connectivity index (χ4n) is 2.58. The van der Waals surface area contributed by atoms with Crippen molar-refractivity contribution in [2.75, 3.05) is 7.11 Å². The Bertz CT molecular complexity index is 892. The van der Waals surface area contributed by atoms with Crippen LogP contribution in [-0.4, -0.2) is 26.9 Å². The van der Waals surface area contributed by atoms with Gasteiger partial charge in [0.25, 0.3) is 0 Å². The molecule has 24 heavy (non-hydrogen) atoms. The van der Waals surface area contributed by atoms with Gasteiger partial charge in [0.1, 0.15) is 11.4 Å². The van der Waals surface area contributed by atoms with Crippen LogP contribution in [0, 0.1) is 6.92 Å². The minimum Gasteiger partial charge on any atom is -0.371 e. The third-order valence-corrected chi connectivity index (χ3v) is 4.05. The van der Waals surface area contributed by atoms with Crippen LogP contribution in [0.4, 0.5) is 13.2 Å². The second kappa shape index (κ2) is 5.34. The van der Waals surface area contributed by atoms with Gasteiger partial charge in [-0.25, -0.2) is 4.98 Å². The molecule has 2 aromatic heterocycles. The van der Waals surface area contributed by atoms with Gasteiger partial charge in [-0.3, -0.25) is 5.10 Å².